The summed E-state index contributed by atoms with van der Waals surface area (Å²) in [6.07, 6.45) is 7.34. The monoisotopic (exact) mass is 265 g/mol. The number of aromatic amines is 1. The van der Waals surface area contributed by atoms with E-state index in [0.29, 0.717) is 16.9 Å². The van der Waals surface area contributed by atoms with E-state index in [-0.39, 0.29) is 5.69 Å². The number of rotatable bonds is 3. The Bertz CT molecular complexity index is 607. The third kappa shape index (κ3) is 1.98. The summed E-state index contributed by atoms with van der Waals surface area (Å²) in [5, 5.41) is 10.4. The lowest BCUT2D eigenvalue weighted by atomic mass is 10.2. The van der Waals surface area contributed by atoms with Crippen LogP contribution in [0, 0.1) is 0 Å². The molecule has 0 bridgehead atoms. The van der Waals surface area contributed by atoms with E-state index >= 15 is 0 Å². The van der Waals surface area contributed by atoms with Crippen molar-refractivity contribution in [2.75, 3.05) is 11.6 Å². The van der Waals surface area contributed by atoms with Gasteiger partial charge in [-0.1, -0.05) is 6.42 Å². The summed E-state index contributed by atoms with van der Waals surface area (Å²) in [6.45, 7) is 0. The Morgan fingerprint density at radius 1 is 1.56 bits per heavy atom. The van der Waals surface area contributed by atoms with Crippen molar-refractivity contribution >= 4 is 23.2 Å². The van der Waals surface area contributed by atoms with Crippen LogP contribution < -0.4 is 11.0 Å². The molecule has 2 aromatic rings. The maximum atomic E-state index is 11.3. The minimum atomic E-state index is -0.257. The normalized spacial score (nSPS) is 23.6. The third-order valence-corrected chi connectivity index (χ3v) is 4.57. The molecule has 7 heteroatoms. The first kappa shape index (κ1) is 11.6. The van der Waals surface area contributed by atoms with Crippen LogP contribution in [0.25, 0.3) is 5.65 Å². The van der Waals surface area contributed by atoms with Crippen LogP contribution in [0.15, 0.2) is 17.2 Å². The molecule has 0 amide bonds. The highest BCUT2D eigenvalue weighted by Crippen LogP contribution is 2.30. The number of hydrogen-bond acceptors (Lipinski definition) is 5. The number of fused-ring (bicyclic) bond motifs is 1. The molecule has 2 heterocycles. The van der Waals surface area contributed by atoms with E-state index in [1.165, 1.54) is 30.0 Å². The predicted molar refractivity (Wildman–Crippen MR) is 72.2 cm³/mol. The molecule has 2 aromatic heterocycles. The SMILES string of the molecule is CSC1CCCC1Nc1cc2n[nH]c(=O)n2cn1. The van der Waals surface area contributed by atoms with Crippen LogP contribution in [0.2, 0.25) is 0 Å². The molecule has 0 radical (unpaired) electrons. The predicted octanol–water partition coefficient (Wildman–Crippen LogP) is 1.11. The summed E-state index contributed by atoms with van der Waals surface area (Å²) in [6, 6.07) is 2.26. The van der Waals surface area contributed by atoms with Gasteiger partial charge in [0.05, 0.1) is 0 Å². The summed E-state index contributed by atoms with van der Waals surface area (Å²) in [5.74, 6) is 0.785. The van der Waals surface area contributed by atoms with Crippen molar-refractivity contribution in [1.82, 2.24) is 19.6 Å². The smallest absolute Gasteiger partial charge is 0.348 e. The van der Waals surface area contributed by atoms with Crippen LogP contribution in [0.5, 0.6) is 0 Å². The lowest BCUT2D eigenvalue weighted by molar-refractivity contribution is 0.762. The molecule has 2 N–H and O–H groups in total. The zero-order chi connectivity index (χ0) is 12.5. The summed E-state index contributed by atoms with van der Waals surface area (Å²) < 4.78 is 1.39. The van der Waals surface area contributed by atoms with Crippen LogP contribution >= 0.6 is 11.8 Å². The lowest BCUT2D eigenvalue weighted by Gasteiger charge is -2.19. The topological polar surface area (TPSA) is 75.1 Å². The average molecular weight is 265 g/mol. The molecule has 96 valence electrons. The largest absolute Gasteiger partial charge is 0.366 e. The number of hydrogen-bond donors (Lipinski definition) is 2. The van der Waals surface area contributed by atoms with Gasteiger partial charge in [0.15, 0.2) is 5.65 Å². The first-order chi connectivity index (χ1) is 8.78. The van der Waals surface area contributed by atoms with Crippen molar-refractivity contribution < 1.29 is 0 Å². The maximum Gasteiger partial charge on any atom is 0.348 e. The second-order valence-electron chi connectivity index (χ2n) is 4.49. The van der Waals surface area contributed by atoms with Gasteiger partial charge in [-0.3, -0.25) is 0 Å². The van der Waals surface area contributed by atoms with Gasteiger partial charge in [0.1, 0.15) is 12.1 Å². The number of aromatic nitrogens is 4. The second kappa shape index (κ2) is 4.64. The van der Waals surface area contributed by atoms with Crippen molar-refractivity contribution in [2.24, 2.45) is 0 Å². The summed E-state index contributed by atoms with van der Waals surface area (Å²) >= 11 is 1.90. The molecular formula is C11H15N5OS. The number of nitrogens with one attached hydrogen (secondary N) is 2. The Balaban J connectivity index is 1.84. The highest BCUT2D eigenvalue weighted by Gasteiger charge is 2.26. The molecule has 0 saturated heterocycles. The van der Waals surface area contributed by atoms with Crippen LogP contribution in [-0.4, -0.2) is 37.1 Å². The van der Waals surface area contributed by atoms with Crippen molar-refractivity contribution in [3.8, 4) is 0 Å². The molecule has 1 aliphatic carbocycles. The van der Waals surface area contributed by atoms with Gasteiger partial charge in [-0.15, -0.1) is 0 Å². The Hall–Kier alpha value is -1.50. The molecule has 0 spiro atoms. The number of H-pyrrole nitrogens is 1. The Morgan fingerprint density at radius 3 is 3.28 bits per heavy atom. The fourth-order valence-corrected chi connectivity index (χ4v) is 3.39. The standard InChI is InChI=1S/C11H15N5OS/c1-18-8-4-2-3-7(8)13-9-5-10-14-15-11(17)16(10)6-12-9/h5-8,13H,2-4H2,1H3,(H,15,17). The van der Waals surface area contributed by atoms with E-state index in [0.717, 1.165) is 5.82 Å². The van der Waals surface area contributed by atoms with Gasteiger partial charge >= 0.3 is 5.69 Å². The number of nitrogens with zero attached hydrogens (tertiary/aromatic N) is 3. The minimum absolute atomic E-state index is 0.257. The highest BCUT2D eigenvalue weighted by atomic mass is 32.2. The van der Waals surface area contributed by atoms with E-state index < -0.39 is 0 Å². The van der Waals surface area contributed by atoms with Gasteiger partial charge in [-0.05, 0) is 19.1 Å². The molecule has 0 aromatic carbocycles. The molecule has 2 atom stereocenters. The third-order valence-electron chi connectivity index (χ3n) is 3.40. The van der Waals surface area contributed by atoms with Crippen LogP contribution in [0.3, 0.4) is 0 Å². The molecule has 6 nitrogen and oxygen atoms in total. The van der Waals surface area contributed by atoms with Gasteiger partial charge in [-0.2, -0.15) is 16.9 Å². The van der Waals surface area contributed by atoms with Crippen molar-refractivity contribution in [1.29, 1.82) is 0 Å². The van der Waals surface area contributed by atoms with Crippen LogP contribution in [0.1, 0.15) is 19.3 Å². The molecular weight excluding hydrogens is 250 g/mol. The second-order valence-corrected chi connectivity index (χ2v) is 5.56. The van der Waals surface area contributed by atoms with E-state index in [1.807, 2.05) is 11.8 Å². The zero-order valence-electron chi connectivity index (χ0n) is 10.1. The summed E-state index contributed by atoms with van der Waals surface area (Å²) in [5.41, 5.74) is 0.336. The van der Waals surface area contributed by atoms with Crippen LogP contribution in [0.4, 0.5) is 5.82 Å². The fourth-order valence-electron chi connectivity index (χ4n) is 2.45. The van der Waals surface area contributed by atoms with E-state index in [1.54, 1.807) is 6.07 Å². The Morgan fingerprint density at radius 2 is 2.44 bits per heavy atom. The quantitative estimate of drug-likeness (QED) is 0.869. The first-order valence-corrected chi connectivity index (χ1v) is 7.29. The van der Waals surface area contributed by atoms with E-state index in [2.05, 4.69) is 26.8 Å². The molecule has 1 aliphatic rings. The Kier molecular flexibility index (Phi) is 2.99. The summed E-state index contributed by atoms with van der Waals surface area (Å²) in [4.78, 5) is 15.6. The van der Waals surface area contributed by atoms with Crippen LogP contribution in [-0.2, 0) is 0 Å². The van der Waals surface area contributed by atoms with Gasteiger partial charge in [0.2, 0.25) is 0 Å². The zero-order valence-corrected chi connectivity index (χ0v) is 10.9. The molecule has 18 heavy (non-hydrogen) atoms. The molecule has 2 unspecified atom stereocenters. The van der Waals surface area contributed by atoms with Crippen molar-refractivity contribution in [2.45, 2.75) is 30.6 Å². The van der Waals surface area contributed by atoms with Gasteiger partial charge in [0.25, 0.3) is 0 Å². The average Bonchev–Trinajstić information content (AvgIpc) is 2.97. The van der Waals surface area contributed by atoms with Crippen molar-refractivity contribution in [3.05, 3.63) is 22.9 Å². The summed E-state index contributed by atoms with van der Waals surface area (Å²) in [7, 11) is 0. The number of thioether (sulfide) groups is 1. The Labute approximate surface area is 108 Å². The van der Waals surface area contributed by atoms with E-state index in [9.17, 15) is 4.79 Å². The highest BCUT2D eigenvalue weighted by molar-refractivity contribution is 7.99. The van der Waals surface area contributed by atoms with Gasteiger partial charge in [-0.25, -0.2) is 19.3 Å². The van der Waals surface area contributed by atoms with E-state index in [4.69, 9.17) is 0 Å². The van der Waals surface area contributed by atoms with Gasteiger partial charge in [0, 0.05) is 17.4 Å². The molecule has 1 fully saturated rings. The first-order valence-electron chi connectivity index (χ1n) is 6.00. The van der Waals surface area contributed by atoms with Crippen molar-refractivity contribution in [3.63, 3.8) is 0 Å². The van der Waals surface area contributed by atoms with Gasteiger partial charge < -0.3 is 5.32 Å². The maximum absolute atomic E-state index is 11.3. The lowest BCUT2D eigenvalue weighted by Crippen LogP contribution is -2.26. The molecule has 3 rings (SSSR count). The minimum Gasteiger partial charge on any atom is -0.366 e. The molecule has 1 saturated carbocycles. The number of anilines is 1. The molecule has 0 aliphatic heterocycles. The fraction of sp³-hybridized carbons (Fsp3) is 0.545.